The van der Waals surface area contributed by atoms with E-state index in [0.717, 1.165) is 19.0 Å². The summed E-state index contributed by atoms with van der Waals surface area (Å²) in [7, 11) is 0. The zero-order valence-corrected chi connectivity index (χ0v) is 17.3. The number of hydrogen-bond acceptors (Lipinski definition) is 3. The van der Waals surface area contributed by atoms with Gasteiger partial charge in [-0.15, -0.1) is 0 Å². The monoisotopic (exact) mass is 383 g/mol. The fourth-order valence-electron chi connectivity index (χ4n) is 3.82. The molecule has 1 aromatic carbocycles. The lowest BCUT2D eigenvalue weighted by atomic mass is 9.91. The second kappa shape index (κ2) is 9.24. The van der Waals surface area contributed by atoms with Gasteiger partial charge in [0, 0.05) is 24.8 Å². The van der Waals surface area contributed by atoms with E-state index < -0.39 is 0 Å². The number of amides is 2. The molecular weight excluding hydrogens is 350 g/mol. The van der Waals surface area contributed by atoms with Crippen molar-refractivity contribution >= 4 is 11.7 Å². The minimum Gasteiger partial charge on any atom is -0.336 e. The van der Waals surface area contributed by atoms with Crippen LogP contribution in [0.5, 0.6) is 0 Å². The van der Waals surface area contributed by atoms with Crippen LogP contribution in [0.2, 0.25) is 0 Å². The maximum atomic E-state index is 12.4. The third-order valence-electron chi connectivity index (χ3n) is 5.71. The molecule has 1 fully saturated rings. The van der Waals surface area contributed by atoms with Crippen molar-refractivity contribution in [3.8, 4) is 0 Å². The van der Waals surface area contributed by atoms with E-state index in [4.69, 9.17) is 0 Å². The van der Waals surface area contributed by atoms with Gasteiger partial charge in [-0.25, -0.2) is 4.79 Å². The van der Waals surface area contributed by atoms with Gasteiger partial charge in [0.2, 0.25) is 0 Å². The van der Waals surface area contributed by atoms with Crippen LogP contribution in [0.1, 0.15) is 45.6 Å². The highest BCUT2D eigenvalue weighted by Gasteiger charge is 2.31. The summed E-state index contributed by atoms with van der Waals surface area (Å²) in [6.45, 7) is 10.2. The Hall–Kier alpha value is -2.34. The Morgan fingerprint density at radius 2 is 2.07 bits per heavy atom. The maximum absolute atomic E-state index is 12.4. The standard InChI is InChI=1S/C22H33N5O/c1-4-18-11-8-12-26(14-18)22(2,3)17-23-21(28)25-20-13-24-27(16-20)15-19-9-6-5-7-10-19/h5-7,9-10,13,16,18H,4,8,11-12,14-15,17H2,1-3H3,(H2,23,25,28)/t18-/m1/s1. The van der Waals surface area contributed by atoms with Crippen molar-refractivity contribution < 1.29 is 4.79 Å². The molecule has 152 valence electrons. The van der Waals surface area contributed by atoms with Crippen LogP contribution in [-0.4, -0.2) is 45.9 Å². The SMILES string of the molecule is CC[C@@H]1CCCN(C(C)(C)CNC(=O)Nc2cnn(Cc3ccccc3)c2)C1. The van der Waals surface area contributed by atoms with Crippen LogP contribution in [0.3, 0.4) is 0 Å². The number of hydrogen-bond donors (Lipinski definition) is 2. The number of rotatable bonds is 7. The van der Waals surface area contributed by atoms with Gasteiger partial charge in [0.15, 0.2) is 0 Å². The van der Waals surface area contributed by atoms with Crippen molar-refractivity contribution in [1.29, 1.82) is 0 Å². The third-order valence-corrected chi connectivity index (χ3v) is 5.71. The first-order chi connectivity index (χ1) is 13.5. The number of aromatic nitrogens is 2. The quantitative estimate of drug-likeness (QED) is 0.761. The molecule has 0 saturated carbocycles. The van der Waals surface area contributed by atoms with E-state index >= 15 is 0 Å². The zero-order chi connectivity index (χ0) is 20.0. The smallest absolute Gasteiger partial charge is 0.319 e. The Labute approximate surface area is 168 Å². The number of likely N-dealkylation sites (tertiary alicyclic amines) is 1. The number of carbonyl (C=O) groups excluding carboxylic acids is 1. The molecule has 0 aliphatic carbocycles. The number of nitrogens with zero attached hydrogens (tertiary/aromatic N) is 3. The van der Waals surface area contributed by atoms with E-state index in [-0.39, 0.29) is 11.6 Å². The molecular formula is C22H33N5O. The van der Waals surface area contributed by atoms with E-state index in [9.17, 15) is 4.79 Å². The molecule has 0 spiro atoms. The molecule has 1 aliphatic rings. The average Bonchev–Trinajstić information content (AvgIpc) is 3.14. The zero-order valence-electron chi connectivity index (χ0n) is 17.3. The maximum Gasteiger partial charge on any atom is 0.319 e. The largest absolute Gasteiger partial charge is 0.336 e. The van der Waals surface area contributed by atoms with Crippen LogP contribution in [0, 0.1) is 5.92 Å². The molecule has 6 nitrogen and oxygen atoms in total. The Morgan fingerprint density at radius 1 is 1.29 bits per heavy atom. The Kier molecular flexibility index (Phi) is 6.73. The van der Waals surface area contributed by atoms with Crippen LogP contribution < -0.4 is 10.6 Å². The van der Waals surface area contributed by atoms with Crippen LogP contribution in [0.15, 0.2) is 42.7 Å². The fourth-order valence-corrected chi connectivity index (χ4v) is 3.82. The summed E-state index contributed by atoms with van der Waals surface area (Å²) in [6, 6.07) is 9.96. The van der Waals surface area contributed by atoms with Gasteiger partial charge in [0.25, 0.3) is 0 Å². The summed E-state index contributed by atoms with van der Waals surface area (Å²) in [5, 5.41) is 10.3. The third kappa shape index (κ3) is 5.58. The van der Waals surface area contributed by atoms with Gasteiger partial charge in [-0.3, -0.25) is 9.58 Å². The summed E-state index contributed by atoms with van der Waals surface area (Å²) < 4.78 is 1.83. The van der Waals surface area contributed by atoms with Gasteiger partial charge in [0.1, 0.15) is 0 Å². The van der Waals surface area contributed by atoms with Gasteiger partial charge in [0.05, 0.1) is 18.4 Å². The molecule has 0 bridgehead atoms. The summed E-state index contributed by atoms with van der Waals surface area (Å²) in [4.78, 5) is 14.9. The topological polar surface area (TPSA) is 62.2 Å². The Bertz CT molecular complexity index is 755. The summed E-state index contributed by atoms with van der Waals surface area (Å²) >= 11 is 0. The van der Waals surface area contributed by atoms with E-state index in [1.165, 1.54) is 24.8 Å². The number of anilines is 1. The number of carbonyl (C=O) groups is 1. The highest BCUT2D eigenvalue weighted by molar-refractivity contribution is 5.88. The lowest BCUT2D eigenvalue weighted by Gasteiger charge is -2.43. The van der Waals surface area contributed by atoms with Crippen LogP contribution in [0.4, 0.5) is 10.5 Å². The lowest BCUT2D eigenvalue weighted by molar-refractivity contribution is 0.0669. The van der Waals surface area contributed by atoms with Crippen LogP contribution in [-0.2, 0) is 6.54 Å². The first-order valence-corrected chi connectivity index (χ1v) is 10.3. The summed E-state index contributed by atoms with van der Waals surface area (Å²) in [6.07, 6.45) is 7.34. The second-order valence-corrected chi connectivity index (χ2v) is 8.39. The van der Waals surface area contributed by atoms with Gasteiger partial charge in [-0.1, -0.05) is 43.7 Å². The van der Waals surface area contributed by atoms with Crippen molar-refractivity contribution in [2.45, 2.75) is 52.1 Å². The van der Waals surface area contributed by atoms with Crippen molar-refractivity contribution in [3.63, 3.8) is 0 Å². The normalized spacial score (nSPS) is 18.0. The summed E-state index contributed by atoms with van der Waals surface area (Å²) in [5.74, 6) is 0.775. The molecule has 2 aromatic rings. The van der Waals surface area contributed by atoms with Gasteiger partial charge in [-0.2, -0.15) is 5.10 Å². The predicted octanol–water partition coefficient (Wildman–Crippen LogP) is 3.95. The van der Waals surface area contributed by atoms with Crippen LogP contribution >= 0.6 is 0 Å². The molecule has 28 heavy (non-hydrogen) atoms. The molecule has 2 amide bonds. The van der Waals surface area contributed by atoms with Crippen molar-refractivity contribution in [3.05, 3.63) is 48.3 Å². The van der Waals surface area contributed by atoms with Crippen molar-refractivity contribution in [2.75, 3.05) is 25.0 Å². The van der Waals surface area contributed by atoms with E-state index in [1.807, 2.05) is 29.1 Å². The molecule has 1 saturated heterocycles. The van der Waals surface area contributed by atoms with Crippen molar-refractivity contribution in [1.82, 2.24) is 20.0 Å². The second-order valence-electron chi connectivity index (χ2n) is 8.39. The van der Waals surface area contributed by atoms with Crippen molar-refractivity contribution in [2.24, 2.45) is 5.92 Å². The average molecular weight is 384 g/mol. The first-order valence-electron chi connectivity index (χ1n) is 10.3. The first kappa shape index (κ1) is 20.4. The molecule has 0 unspecified atom stereocenters. The highest BCUT2D eigenvalue weighted by Crippen LogP contribution is 2.25. The number of urea groups is 1. The number of piperidine rings is 1. The molecule has 1 aliphatic heterocycles. The highest BCUT2D eigenvalue weighted by atomic mass is 16.2. The molecule has 1 atom stereocenters. The minimum absolute atomic E-state index is 0.0529. The summed E-state index contributed by atoms with van der Waals surface area (Å²) in [5.41, 5.74) is 1.83. The van der Waals surface area contributed by atoms with E-state index in [0.29, 0.717) is 18.8 Å². The van der Waals surface area contributed by atoms with Gasteiger partial charge < -0.3 is 10.6 Å². The predicted molar refractivity (Wildman–Crippen MR) is 113 cm³/mol. The number of benzene rings is 1. The lowest BCUT2D eigenvalue weighted by Crippen LogP contribution is -2.55. The number of nitrogens with one attached hydrogen (secondary N) is 2. The van der Waals surface area contributed by atoms with Crippen LogP contribution in [0.25, 0.3) is 0 Å². The Morgan fingerprint density at radius 3 is 2.82 bits per heavy atom. The molecule has 6 heteroatoms. The van der Waals surface area contributed by atoms with Gasteiger partial charge >= 0.3 is 6.03 Å². The molecule has 2 heterocycles. The molecule has 1 aromatic heterocycles. The fraction of sp³-hybridized carbons (Fsp3) is 0.545. The molecule has 2 N–H and O–H groups in total. The van der Waals surface area contributed by atoms with Gasteiger partial charge in [-0.05, 0) is 44.7 Å². The minimum atomic E-state index is -0.184. The molecule has 0 radical (unpaired) electrons. The van der Waals surface area contributed by atoms with E-state index in [2.05, 4.69) is 53.5 Å². The Balaban J connectivity index is 1.47. The van der Waals surface area contributed by atoms with E-state index in [1.54, 1.807) is 6.20 Å². The molecule has 3 rings (SSSR count).